The van der Waals surface area contributed by atoms with Crippen molar-refractivity contribution in [2.45, 2.75) is 31.9 Å². The topological polar surface area (TPSA) is 97.8 Å². The number of hydrogen-bond acceptors (Lipinski definition) is 6. The standard InChI is InChI=1S/C19H22N2O5S/c22-17(6-8-25-11-15-5-2-7-26-15)20-10-13-3-1-4-14(9-13)18-21-16(12-27-18)19(23)24/h1,3-4,9,12,15H,2,5-8,10-11H2,(H,20,22)(H,23,24). The van der Waals surface area contributed by atoms with Crippen LogP contribution in [0.3, 0.4) is 0 Å². The molecule has 1 fully saturated rings. The highest BCUT2D eigenvalue weighted by molar-refractivity contribution is 7.13. The Morgan fingerprint density at radius 3 is 3.04 bits per heavy atom. The van der Waals surface area contributed by atoms with E-state index < -0.39 is 5.97 Å². The average Bonchev–Trinajstić information content (AvgIpc) is 3.35. The van der Waals surface area contributed by atoms with Gasteiger partial charge in [-0.05, 0) is 24.5 Å². The van der Waals surface area contributed by atoms with E-state index in [2.05, 4.69) is 10.3 Å². The van der Waals surface area contributed by atoms with Gasteiger partial charge in [-0.1, -0.05) is 18.2 Å². The smallest absolute Gasteiger partial charge is 0.355 e. The fourth-order valence-corrected chi connectivity index (χ4v) is 3.55. The van der Waals surface area contributed by atoms with Crippen LogP contribution in [0.25, 0.3) is 10.6 Å². The number of hydrogen-bond donors (Lipinski definition) is 2. The minimum Gasteiger partial charge on any atom is -0.476 e. The number of aromatic nitrogens is 1. The third-order valence-corrected chi connectivity index (χ3v) is 5.08. The number of rotatable bonds is 9. The number of carboxylic acids is 1. The largest absolute Gasteiger partial charge is 0.476 e. The molecule has 1 saturated heterocycles. The van der Waals surface area contributed by atoms with E-state index in [9.17, 15) is 9.59 Å². The van der Waals surface area contributed by atoms with Gasteiger partial charge in [0.1, 0.15) is 5.01 Å². The minimum absolute atomic E-state index is 0.0386. The summed E-state index contributed by atoms with van der Waals surface area (Å²) in [5.41, 5.74) is 1.80. The third-order valence-electron chi connectivity index (χ3n) is 4.19. The first kappa shape index (κ1) is 19.5. The number of benzene rings is 1. The van der Waals surface area contributed by atoms with E-state index >= 15 is 0 Å². The van der Waals surface area contributed by atoms with Crippen LogP contribution in [0.5, 0.6) is 0 Å². The SMILES string of the molecule is O=C(CCOCC1CCCO1)NCc1cccc(-c2nc(C(=O)O)cs2)c1. The fourth-order valence-electron chi connectivity index (χ4n) is 2.76. The van der Waals surface area contributed by atoms with Crippen molar-refractivity contribution in [3.05, 3.63) is 40.9 Å². The molecule has 1 aromatic heterocycles. The zero-order valence-corrected chi connectivity index (χ0v) is 15.7. The van der Waals surface area contributed by atoms with Crippen molar-refractivity contribution in [1.82, 2.24) is 10.3 Å². The Balaban J connectivity index is 1.43. The second-order valence-electron chi connectivity index (χ2n) is 6.28. The monoisotopic (exact) mass is 390 g/mol. The molecule has 7 nitrogen and oxygen atoms in total. The number of carboxylic acid groups (broad SMARTS) is 1. The van der Waals surface area contributed by atoms with Gasteiger partial charge in [0.15, 0.2) is 5.69 Å². The van der Waals surface area contributed by atoms with Gasteiger partial charge in [-0.15, -0.1) is 11.3 Å². The van der Waals surface area contributed by atoms with Crippen molar-refractivity contribution in [1.29, 1.82) is 0 Å². The molecule has 2 heterocycles. The predicted octanol–water partition coefficient (Wildman–Crippen LogP) is 2.71. The van der Waals surface area contributed by atoms with Gasteiger partial charge in [0.2, 0.25) is 5.91 Å². The van der Waals surface area contributed by atoms with Crippen LogP contribution >= 0.6 is 11.3 Å². The molecule has 0 spiro atoms. The molecule has 27 heavy (non-hydrogen) atoms. The number of ether oxygens (including phenoxy) is 2. The van der Waals surface area contributed by atoms with Crippen molar-refractivity contribution in [2.75, 3.05) is 19.8 Å². The Hall–Kier alpha value is -2.29. The summed E-state index contributed by atoms with van der Waals surface area (Å²) in [4.78, 5) is 27.0. The number of carbonyl (C=O) groups is 2. The molecule has 0 bridgehead atoms. The van der Waals surface area contributed by atoms with E-state index in [-0.39, 0.29) is 17.7 Å². The van der Waals surface area contributed by atoms with Crippen LogP contribution in [0.1, 0.15) is 35.3 Å². The molecule has 0 aliphatic carbocycles. The Morgan fingerprint density at radius 1 is 1.41 bits per heavy atom. The molecule has 8 heteroatoms. The highest BCUT2D eigenvalue weighted by atomic mass is 32.1. The second kappa shape index (κ2) is 9.59. The highest BCUT2D eigenvalue weighted by Crippen LogP contribution is 2.24. The molecule has 0 saturated carbocycles. The lowest BCUT2D eigenvalue weighted by atomic mass is 10.1. The summed E-state index contributed by atoms with van der Waals surface area (Å²) in [6, 6.07) is 7.54. The van der Waals surface area contributed by atoms with Crippen LogP contribution in [0, 0.1) is 0 Å². The molecule has 144 valence electrons. The van der Waals surface area contributed by atoms with Gasteiger partial charge in [0.05, 0.1) is 19.3 Å². The molecule has 1 atom stereocenters. The molecule has 1 unspecified atom stereocenters. The van der Waals surface area contributed by atoms with Crippen LogP contribution in [-0.2, 0) is 20.8 Å². The average molecular weight is 390 g/mol. The van der Waals surface area contributed by atoms with Crippen LogP contribution < -0.4 is 5.32 Å². The maximum Gasteiger partial charge on any atom is 0.355 e. The van der Waals surface area contributed by atoms with Crippen molar-refractivity contribution >= 4 is 23.2 Å². The lowest BCUT2D eigenvalue weighted by Crippen LogP contribution is -2.24. The van der Waals surface area contributed by atoms with E-state index in [1.54, 1.807) is 0 Å². The number of amides is 1. The maximum absolute atomic E-state index is 11.9. The van der Waals surface area contributed by atoms with Crippen LogP contribution in [0.4, 0.5) is 0 Å². The number of nitrogens with zero attached hydrogens (tertiary/aromatic N) is 1. The van der Waals surface area contributed by atoms with Gasteiger partial charge in [0, 0.05) is 30.5 Å². The summed E-state index contributed by atoms with van der Waals surface area (Å²) in [6.45, 7) is 2.12. The minimum atomic E-state index is -1.04. The molecule has 2 aromatic rings. The zero-order valence-electron chi connectivity index (χ0n) is 14.8. The summed E-state index contributed by atoms with van der Waals surface area (Å²) in [6.07, 6.45) is 2.58. The van der Waals surface area contributed by atoms with Gasteiger partial charge in [-0.25, -0.2) is 9.78 Å². The highest BCUT2D eigenvalue weighted by Gasteiger charge is 2.15. The van der Waals surface area contributed by atoms with E-state index in [0.29, 0.717) is 31.2 Å². The molecular formula is C19H22N2O5S. The summed E-state index contributed by atoms with van der Waals surface area (Å²) >= 11 is 1.28. The molecule has 1 aliphatic heterocycles. The molecule has 2 N–H and O–H groups in total. The predicted molar refractivity (Wildman–Crippen MR) is 101 cm³/mol. The molecule has 1 amide bonds. The Kier molecular flexibility index (Phi) is 6.92. The Labute approximate surface area is 161 Å². The second-order valence-corrected chi connectivity index (χ2v) is 7.14. The fraction of sp³-hybridized carbons (Fsp3) is 0.421. The van der Waals surface area contributed by atoms with Crippen molar-refractivity contribution in [3.8, 4) is 10.6 Å². The molecule has 0 radical (unpaired) electrons. The molecule has 1 aliphatic rings. The lowest BCUT2D eigenvalue weighted by molar-refractivity contribution is -0.122. The first-order valence-corrected chi connectivity index (χ1v) is 9.74. The normalized spacial score (nSPS) is 16.4. The van der Waals surface area contributed by atoms with E-state index in [0.717, 1.165) is 30.6 Å². The lowest BCUT2D eigenvalue weighted by Gasteiger charge is -2.10. The van der Waals surface area contributed by atoms with Gasteiger partial charge >= 0.3 is 5.97 Å². The number of thiazole rings is 1. The molecular weight excluding hydrogens is 368 g/mol. The van der Waals surface area contributed by atoms with E-state index in [4.69, 9.17) is 14.6 Å². The maximum atomic E-state index is 11.9. The third kappa shape index (κ3) is 5.85. The van der Waals surface area contributed by atoms with Crippen molar-refractivity contribution in [3.63, 3.8) is 0 Å². The van der Waals surface area contributed by atoms with Crippen molar-refractivity contribution in [2.24, 2.45) is 0 Å². The van der Waals surface area contributed by atoms with Crippen LogP contribution in [0.15, 0.2) is 29.6 Å². The van der Waals surface area contributed by atoms with Gasteiger partial charge < -0.3 is 19.9 Å². The number of aromatic carboxylic acids is 1. The summed E-state index contributed by atoms with van der Waals surface area (Å²) in [5.74, 6) is -1.11. The summed E-state index contributed by atoms with van der Waals surface area (Å²) in [7, 11) is 0. The van der Waals surface area contributed by atoms with Gasteiger partial charge in [-0.3, -0.25) is 4.79 Å². The Morgan fingerprint density at radius 2 is 2.30 bits per heavy atom. The van der Waals surface area contributed by atoms with Crippen LogP contribution in [-0.4, -0.2) is 47.9 Å². The van der Waals surface area contributed by atoms with Gasteiger partial charge in [0.25, 0.3) is 0 Å². The van der Waals surface area contributed by atoms with Crippen molar-refractivity contribution < 1.29 is 24.2 Å². The first-order valence-electron chi connectivity index (χ1n) is 8.86. The molecule has 1 aromatic carbocycles. The quantitative estimate of drug-likeness (QED) is 0.639. The molecule has 3 rings (SSSR count). The van der Waals surface area contributed by atoms with Gasteiger partial charge in [-0.2, -0.15) is 0 Å². The first-order chi connectivity index (χ1) is 13.1. The number of nitrogens with one attached hydrogen (secondary N) is 1. The Bertz CT molecular complexity index is 786. The van der Waals surface area contributed by atoms with E-state index in [1.807, 2.05) is 24.3 Å². The summed E-state index contributed by atoms with van der Waals surface area (Å²) < 4.78 is 11.0. The zero-order chi connectivity index (χ0) is 19.1. The van der Waals surface area contributed by atoms with Crippen LogP contribution in [0.2, 0.25) is 0 Å². The summed E-state index contributed by atoms with van der Waals surface area (Å²) in [5, 5.41) is 14.0. The number of carbonyl (C=O) groups excluding carboxylic acids is 1. The van der Waals surface area contributed by atoms with E-state index in [1.165, 1.54) is 16.7 Å².